The summed E-state index contributed by atoms with van der Waals surface area (Å²) in [6, 6.07) is 11.7. The fourth-order valence-electron chi connectivity index (χ4n) is 2.75. The number of methoxy groups -OCH3 is 1. The third-order valence-corrected chi connectivity index (χ3v) is 7.04. The van der Waals surface area contributed by atoms with E-state index in [-0.39, 0.29) is 29.3 Å². The maximum atomic E-state index is 12.2. The van der Waals surface area contributed by atoms with E-state index < -0.39 is 38.0 Å². The molecule has 1 atom stereocenters. The number of primary sulfonamides is 1. The Balaban J connectivity index is 1.72. The normalized spacial score (nSPS) is 12.6. The third kappa shape index (κ3) is 8.41. The van der Waals surface area contributed by atoms with Crippen molar-refractivity contribution in [3.05, 3.63) is 54.1 Å². The minimum atomic E-state index is -3.81. The molecule has 0 unspecified atom stereocenters. The molecule has 0 radical (unpaired) electrons. The van der Waals surface area contributed by atoms with Gasteiger partial charge in [-0.25, -0.2) is 26.7 Å². The second kappa shape index (κ2) is 11.9. The van der Waals surface area contributed by atoms with Crippen LogP contribution in [0.5, 0.6) is 5.75 Å². The highest BCUT2D eigenvalue weighted by molar-refractivity contribution is 7.89. The fourth-order valence-corrected chi connectivity index (χ4v) is 4.30. The van der Waals surface area contributed by atoms with Gasteiger partial charge in [-0.15, -0.1) is 0 Å². The molecule has 11 nitrogen and oxygen atoms in total. The smallest absolute Gasteiger partial charge is 0.307 e. The molecule has 0 aliphatic carbocycles. The van der Waals surface area contributed by atoms with Crippen LogP contribution in [0.1, 0.15) is 18.9 Å². The second-order valence-corrected chi connectivity index (χ2v) is 10.5. The van der Waals surface area contributed by atoms with Gasteiger partial charge in [-0.05, 0) is 55.3 Å². The van der Waals surface area contributed by atoms with Crippen molar-refractivity contribution in [2.75, 3.05) is 20.2 Å². The van der Waals surface area contributed by atoms with Crippen LogP contribution < -0.4 is 19.9 Å². The highest BCUT2D eigenvalue weighted by Crippen LogP contribution is 2.15. The molecule has 0 aromatic heterocycles. The molecule has 0 bridgehead atoms. The van der Waals surface area contributed by atoms with Crippen LogP contribution in [0.15, 0.2) is 58.3 Å². The Labute approximate surface area is 198 Å². The topological polar surface area (TPSA) is 171 Å². The van der Waals surface area contributed by atoms with Crippen molar-refractivity contribution in [1.82, 2.24) is 10.0 Å². The molecule has 13 heteroatoms. The van der Waals surface area contributed by atoms with Gasteiger partial charge in [0.2, 0.25) is 20.0 Å². The van der Waals surface area contributed by atoms with Crippen molar-refractivity contribution in [2.24, 2.45) is 5.14 Å². The van der Waals surface area contributed by atoms with E-state index in [1.165, 1.54) is 50.4 Å². The lowest BCUT2D eigenvalue weighted by Gasteiger charge is -2.14. The maximum Gasteiger partial charge on any atom is 0.307 e. The zero-order valence-electron chi connectivity index (χ0n) is 18.7. The molecule has 4 N–H and O–H groups in total. The Hall–Kier alpha value is -3.00. The van der Waals surface area contributed by atoms with E-state index in [1.54, 1.807) is 12.1 Å². The van der Waals surface area contributed by atoms with Crippen LogP contribution in [0.4, 0.5) is 0 Å². The van der Waals surface area contributed by atoms with Gasteiger partial charge in [-0.2, -0.15) is 0 Å². The average molecular weight is 514 g/mol. The first-order valence-electron chi connectivity index (χ1n) is 10.1. The van der Waals surface area contributed by atoms with Gasteiger partial charge in [0.05, 0.1) is 23.3 Å². The van der Waals surface area contributed by atoms with Crippen molar-refractivity contribution >= 4 is 31.9 Å². The summed E-state index contributed by atoms with van der Waals surface area (Å²) in [7, 11) is -6.11. The van der Waals surface area contributed by atoms with E-state index in [0.717, 1.165) is 5.56 Å². The summed E-state index contributed by atoms with van der Waals surface area (Å²) in [6.45, 7) is 1.43. The van der Waals surface area contributed by atoms with E-state index in [0.29, 0.717) is 12.2 Å². The Morgan fingerprint density at radius 3 is 2.09 bits per heavy atom. The molecule has 0 aliphatic heterocycles. The molecule has 0 saturated carbocycles. The number of nitrogens with two attached hydrogens (primary N) is 1. The average Bonchev–Trinajstić information content (AvgIpc) is 2.78. The fraction of sp³-hybridized carbons (Fsp3) is 0.333. The van der Waals surface area contributed by atoms with E-state index in [4.69, 9.17) is 14.6 Å². The minimum absolute atomic E-state index is 0.00731. The van der Waals surface area contributed by atoms with Crippen molar-refractivity contribution in [3.63, 3.8) is 0 Å². The molecule has 0 spiro atoms. The minimum Gasteiger partial charge on any atom is -0.497 e. The molecule has 0 heterocycles. The summed E-state index contributed by atoms with van der Waals surface area (Å²) in [4.78, 5) is 24.1. The van der Waals surface area contributed by atoms with Gasteiger partial charge in [0.25, 0.3) is 5.91 Å². The Kier molecular flexibility index (Phi) is 9.55. The number of rotatable bonds is 12. The van der Waals surface area contributed by atoms with E-state index >= 15 is 0 Å². The number of nitrogens with one attached hydrogen (secondary N) is 2. The van der Waals surface area contributed by atoms with Crippen LogP contribution in [0, 0.1) is 0 Å². The number of carbonyl (C=O) groups is 2. The van der Waals surface area contributed by atoms with E-state index in [9.17, 15) is 26.4 Å². The maximum absolute atomic E-state index is 12.2. The number of sulfonamides is 2. The lowest BCUT2D eigenvalue weighted by atomic mass is 10.1. The van der Waals surface area contributed by atoms with Gasteiger partial charge in [-0.3, -0.25) is 9.59 Å². The first kappa shape index (κ1) is 27.2. The molecule has 2 aromatic carbocycles. The lowest BCUT2D eigenvalue weighted by Crippen LogP contribution is -2.37. The van der Waals surface area contributed by atoms with Gasteiger partial charge < -0.3 is 14.8 Å². The zero-order chi connectivity index (χ0) is 25.4. The summed E-state index contributed by atoms with van der Waals surface area (Å²) in [5.74, 6) is -0.748. The van der Waals surface area contributed by atoms with Crippen molar-refractivity contribution in [2.45, 2.75) is 35.7 Å². The molecule has 2 rings (SSSR count). The monoisotopic (exact) mass is 513 g/mol. The molecule has 0 saturated heterocycles. The summed E-state index contributed by atoms with van der Waals surface area (Å²) in [5, 5.41) is 7.66. The summed E-state index contributed by atoms with van der Waals surface area (Å²) in [5.41, 5.74) is 0.779. The van der Waals surface area contributed by atoms with Crippen molar-refractivity contribution in [3.8, 4) is 5.75 Å². The Morgan fingerprint density at radius 1 is 0.941 bits per heavy atom. The molecule has 2 aromatic rings. The Bertz CT molecular complexity index is 1200. The standard InChI is InChI=1S/C21H27N3O8S2/c1-15(21(26)23-13-11-16-3-7-18(8-4-16)33(22,27)28)32-20(25)12-14-24-34(29,30)19-9-5-17(31-2)6-10-19/h3-10,15,24H,11-14H2,1-2H3,(H,23,26)(H2,22,27,28)/t15-/m0/s1. The SMILES string of the molecule is COc1ccc(S(=O)(=O)NCCC(=O)O[C@@H](C)C(=O)NCCc2ccc(S(N)(=O)=O)cc2)cc1. The largest absolute Gasteiger partial charge is 0.497 e. The first-order valence-corrected chi connectivity index (χ1v) is 13.2. The van der Waals surface area contributed by atoms with Gasteiger partial charge in [0, 0.05) is 13.1 Å². The third-order valence-electron chi connectivity index (χ3n) is 4.63. The predicted molar refractivity (Wildman–Crippen MR) is 123 cm³/mol. The summed E-state index contributed by atoms with van der Waals surface area (Å²) >= 11 is 0. The van der Waals surface area contributed by atoms with Crippen molar-refractivity contribution < 1.29 is 35.9 Å². The number of hydrogen-bond acceptors (Lipinski definition) is 8. The van der Waals surface area contributed by atoms with Crippen LogP contribution in [0.25, 0.3) is 0 Å². The first-order chi connectivity index (χ1) is 15.9. The zero-order valence-corrected chi connectivity index (χ0v) is 20.3. The van der Waals surface area contributed by atoms with Crippen LogP contribution in [-0.4, -0.2) is 55.0 Å². The molecular formula is C21H27N3O8S2. The van der Waals surface area contributed by atoms with E-state index in [2.05, 4.69) is 10.0 Å². The highest BCUT2D eigenvalue weighted by atomic mass is 32.2. The van der Waals surface area contributed by atoms with Crippen LogP contribution in [-0.2, 0) is 40.8 Å². The number of benzene rings is 2. The molecule has 34 heavy (non-hydrogen) atoms. The van der Waals surface area contributed by atoms with Gasteiger partial charge in [0.15, 0.2) is 6.10 Å². The lowest BCUT2D eigenvalue weighted by molar-refractivity contribution is -0.154. The van der Waals surface area contributed by atoms with E-state index in [1.807, 2.05) is 0 Å². The highest BCUT2D eigenvalue weighted by Gasteiger charge is 2.19. The number of amides is 1. The van der Waals surface area contributed by atoms with Gasteiger partial charge >= 0.3 is 5.97 Å². The number of ether oxygens (including phenoxy) is 2. The Morgan fingerprint density at radius 2 is 1.53 bits per heavy atom. The predicted octanol–water partition coefficient (Wildman–Crippen LogP) is 0.302. The quantitative estimate of drug-likeness (QED) is 0.340. The number of esters is 1. The molecule has 1 amide bonds. The number of carbonyl (C=O) groups excluding carboxylic acids is 2. The summed E-state index contributed by atoms with van der Waals surface area (Å²) in [6.07, 6.45) is -0.913. The van der Waals surface area contributed by atoms with Crippen molar-refractivity contribution in [1.29, 1.82) is 0 Å². The summed E-state index contributed by atoms with van der Waals surface area (Å²) < 4.78 is 59.3. The molecule has 186 valence electrons. The van der Waals surface area contributed by atoms with Crippen LogP contribution >= 0.6 is 0 Å². The second-order valence-electron chi connectivity index (χ2n) is 7.19. The van der Waals surface area contributed by atoms with Gasteiger partial charge in [-0.1, -0.05) is 12.1 Å². The molecular weight excluding hydrogens is 486 g/mol. The molecule has 0 fully saturated rings. The molecule has 0 aliphatic rings. The van der Waals surface area contributed by atoms with Crippen LogP contribution in [0.3, 0.4) is 0 Å². The van der Waals surface area contributed by atoms with Gasteiger partial charge in [0.1, 0.15) is 5.75 Å². The number of hydrogen-bond donors (Lipinski definition) is 3. The van der Waals surface area contributed by atoms with Crippen LogP contribution in [0.2, 0.25) is 0 Å².